The predicted octanol–water partition coefficient (Wildman–Crippen LogP) is 2.86. The van der Waals surface area contributed by atoms with Gasteiger partial charge in [0.25, 0.3) is 0 Å². The zero-order chi connectivity index (χ0) is 17.1. The molecule has 136 valence electrons. The second-order valence-electron chi connectivity index (χ2n) is 8.14. The molecule has 5 nitrogen and oxygen atoms in total. The molecule has 0 aromatic rings. The number of carbonyl (C=O) groups is 2. The monoisotopic (exact) mass is 335 g/mol. The molecule has 4 unspecified atom stereocenters. The minimum absolute atomic E-state index is 0.0327. The van der Waals surface area contributed by atoms with E-state index in [1.165, 1.54) is 12.8 Å². The Morgan fingerprint density at radius 1 is 0.875 bits per heavy atom. The normalized spacial score (nSPS) is 34.2. The second kappa shape index (κ2) is 7.75. The van der Waals surface area contributed by atoms with Crippen molar-refractivity contribution in [1.29, 1.82) is 0 Å². The number of carbonyl (C=O) groups excluding carboxylic acids is 2. The van der Waals surface area contributed by atoms with Gasteiger partial charge in [-0.25, -0.2) is 4.79 Å². The third-order valence-electron chi connectivity index (χ3n) is 6.47. The molecule has 5 heteroatoms. The minimum atomic E-state index is -0.0327. The molecule has 1 aliphatic carbocycles. The molecule has 2 heterocycles. The summed E-state index contributed by atoms with van der Waals surface area (Å²) in [6.45, 7) is 7.71. The topological polar surface area (TPSA) is 52.7 Å². The quantitative estimate of drug-likeness (QED) is 0.843. The molecule has 3 aliphatic rings. The van der Waals surface area contributed by atoms with Crippen molar-refractivity contribution in [3.63, 3.8) is 0 Å². The van der Waals surface area contributed by atoms with Crippen LogP contribution in [0.25, 0.3) is 0 Å². The van der Waals surface area contributed by atoms with Crippen LogP contribution < -0.4 is 5.32 Å². The Kier molecular flexibility index (Phi) is 5.67. The van der Waals surface area contributed by atoms with E-state index in [0.29, 0.717) is 24.4 Å². The fourth-order valence-electron chi connectivity index (χ4n) is 4.56. The van der Waals surface area contributed by atoms with E-state index in [1.54, 1.807) is 0 Å². The number of nitrogens with one attached hydrogen (secondary N) is 1. The molecule has 0 aromatic carbocycles. The maximum atomic E-state index is 12.7. The Balaban J connectivity index is 1.53. The number of amides is 3. The summed E-state index contributed by atoms with van der Waals surface area (Å²) in [5, 5.41) is 3.31. The van der Waals surface area contributed by atoms with Gasteiger partial charge in [-0.15, -0.1) is 0 Å². The standard InChI is InChI=1S/C19H33N3O2/c1-14-7-5-9-17(15(14)2)20-18(23)16-8-6-12-22(13-16)19(24)21-10-3-4-11-21/h14-17H,3-13H2,1-2H3,(H,20,23). The van der Waals surface area contributed by atoms with Gasteiger partial charge in [0, 0.05) is 32.2 Å². The van der Waals surface area contributed by atoms with E-state index in [2.05, 4.69) is 19.2 Å². The number of piperidine rings is 1. The largest absolute Gasteiger partial charge is 0.353 e. The Labute approximate surface area is 146 Å². The van der Waals surface area contributed by atoms with E-state index in [1.807, 2.05) is 9.80 Å². The fraction of sp³-hybridized carbons (Fsp3) is 0.895. The van der Waals surface area contributed by atoms with E-state index < -0.39 is 0 Å². The highest BCUT2D eigenvalue weighted by Crippen LogP contribution is 2.30. The molecule has 2 aliphatic heterocycles. The predicted molar refractivity (Wildman–Crippen MR) is 94.6 cm³/mol. The molecule has 4 atom stereocenters. The lowest BCUT2D eigenvalue weighted by Crippen LogP contribution is -2.52. The maximum Gasteiger partial charge on any atom is 0.320 e. The van der Waals surface area contributed by atoms with Gasteiger partial charge < -0.3 is 15.1 Å². The van der Waals surface area contributed by atoms with Crippen molar-refractivity contribution in [1.82, 2.24) is 15.1 Å². The van der Waals surface area contributed by atoms with E-state index >= 15 is 0 Å². The first-order valence-electron chi connectivity index (χ1n) is 9.90. The summed E-state index contributed by atoms with van der Waals surface area (Å²) in [6.07, 6.45) is 7.65. The summed E-state index contributed by atoms with van der Waals surface area (Å²) in [4.78, 5) is 29.2. The van der Waals surface area contributed by atoms with Crippen LogP contribution in [-0.2, 0) is 4.79 Å². The Morgan fingerprint density at radius 3 is 2.33 bits per heavy atom. The summed E-state index contributed by atoms with van der Waals surface area (Å²) in [5.74, 6) is 1.37. The average Bonchev–Trinajstić information content (AvgIpc) is 3.13. The summed E-state index contributed by atoms with van der Waals surface area (Å²) < 4.78 is 0. The molecule has 0 aromatic heterocycles. The zero-order valence-electron chi connectivity index (χ0n) is 15.3. The molecular weight excluding hydrogens is 302 g/mol. The highest BCUT2D eigenvalue weighted by atomic mass is 16.2. The molecule has 0 bridgehead atoms. The smallest absolute Gasteiger partial charge is 0.320 e. The van der Waals surface area contributed by atoms with Gasteiger partial charge in [0.2, 0.25) is 5.91 Å². The van der Waals surface area contributed by atoms with Gasteiger partial charge >= 0.3 is 6.03 Å². The fourth-order valence-corrected chi connectivity index (χ4v) is 4.56. The van der Waals surface area contributed by atoms with E-state index in [0.717, 1.165) is 51.7 Å². The first kappa shape index (κ1) is 17.6. The number of rotatable bonds is 2. The number of hydrogen-bond acceptors (Lipinski definition) is 2. The first-order valence-corrected chi connectivity index (χ1v) is 9.90. The van der Waals surface area contributed by atoms with E-state index in [-0.39, 0.29) is 17.9 Å². The van der Waals surface area contributed by atoms with Gasteiger partial charge in [-0.1, -0.05) is 26.7 Å². The van der Waals surface area contributed by atoms with Crippen molar-refractivity contribution in [3.05, 3.63) is 0 Å². The van der Waals surface area contributed by atoms with Gasteiger partial charge in [0.05, 0.1) is 5.92 Å². The van der Waals surface area contributed by atoms with Gasteiger partial charge in [-0.3, -0.25) is 4.79 Å². The lowest BCUT2D eigenvalue weighted by Gasteiger charge is -2.38. The first-order chi connectivity index (χ1) is 11.6. The lowest BCUT2D eigenvalue weighted by molar-refractivity contribution is -0.127. The van der Waals surface area contributed by atoms with Gasteiger partial charge in [-0.2, -0.15) is 0 Å². The van der Waals surface area contributed by atoms with Gasteiger partial charge in [0.1, 0.15) is 0 Å². The molecule has 1 saturated carbocycles. The molecular formula is C19H33N3O2. The van der Waals surface area contributed by atoms with Crippen molar-refractivity contribution in [2.45, 2.75) is 64.8 Å². The summed E-state index contributed by atoms with van der Waals surface area (Å²) in [5.41, 5.74) is 0. The lowest BCUT2D eigenvalue weighted by atomic mass is 9.78. The van der Waals surface area contributed by atoms with Crippen LogP contribution >= 0.6 is 0 Å². The average molecular weight is 335 g/mol. The van der Waals surface area contributed by atoms with Crippen LogP contribution in [0.2, 0.25) is 0 Å². The molecule has 1 N–H and O–H groups in total. The molecule has 3 fully saturated rings. The number of hydrogen-bond donors (Lipinski definition) is 1. The van der Waals surface area contributed by atoms with Crippen LogP contribution in [0.15, 0.2) is 0 Å². The van der Waals surface area contributed by atoms with Crippen LogP contribution in [0.5, 0.6) is 0 Å². The van der Waals surface area contributed by atoms with Crippen molar-refractivity contribution >= 4 is 11.9 Å². The summed E-state index contributed by atoms with van der Waals surface area (Å²) >= 11 is 0. The molecule has 3 rings (SSSR count). The van der Waals surface area contributed by atoms with E-state index in [9.17, 15) is 9.59 Å². The zero-order valence-corrected chi connectivity index (χ0v) is 15.3. The third-order valence-corrected chi connectivity index (χ3v) is 6.47. The van der Waals surface area contributed by atoms with Crippen molar-refractivity contribution in [2.75, 3.05) is 26.2 Å². The molecule has 2 saturated heterocycles. The highest BCUT2D eigenvalue weighted by molar-refractivity contribution is 5.81. The number of nitrogens with zero attached hydrogens (tertiary/aromatic N) is 2. The summed E-state index contributed by atoms with van der Waals surface area (Å²) in [6, 6.07) is 0.454. The Hall–Kier alpha value is -1.26. The van der Waals surface area contributed by atoms with Crippen LogP contribution in [0, 0.1) is 17.8 Å². The number of urea groups is 1. The van der Waals surface area contributed by atoms with Crippen molar-refractivity contribution in [2.24, 2.45) is 17.8 Å². The van der Waals surface area contributed by atoms with Crippen LogP contribution in [0.3, 0.4) is 0 Å². The highest BCUT2D eigenvalue weighted by Gasteiger charge is 2.34. The Bertz CT molecular complexity index is 462. The third kappa shape index (κ3) is 3.86. The number of likely N-dealkylation sites (tertiary alicyclic amines) is 2. The van der Waals surface area contributed by atoms with Crippen molar-refractivity contribution in [3.8, 4) is 0 Å². The molecule has 3 amide bonds. The molecule has 0 radical (unpaired) electrons. The SMILES string of the molecule is CC1CCCC(NC(=O)C2CCCN(C(=O)N3CCCC3)C2)C1C. The van der Waals surface area contributed by atoms with Gasteiger partial charge in [-0.05, 0) is 43.9 Å². The molecule has 0 spiro atoms. The summed E-state index contributed by atoms with van der Waals surface area (Å²) in [7, 11) is 0. The van der Waals surface area contributed by atoms with Crippen molar-refractivity contribution < 1.29 is 9.59 Å². The Morgan fingerprint density at radius 2 is 1.58 bits per heavy atom. The second-order valence-corrected chi connectivity index (χ2v) is 8.14. The van der Waals surface area contributed by atoms with Crippen LogP contribution in [0.4, 0.5) is 4.79 Å². The maximum absolute atomic E-state index is 12.7. The van der Waals surface area contributed by atoms with E-state index in [4.69, 9.17) is 0 Å². The molecule has 24 heavy (non-hydrogen) atoms. The minimum Gasteiger partial charge on any atom is -0.353 e. The van der Waals surface area contributed by atoms with Gasteiger partial charge in [0.15, 0.2) is 0 Å². The van der Waals surface area contributed by atoms with Crippen LogP contribution in [0.1, 0.15) is 58.8 Å². The van der Waals surface area contributed by atoms with Crippen LogP contribution in [-0.4, -0.2) is 54.0 Å².